The third-order valence-corrected chi connectivity index (χ3v) is 5.81. The van der Waals surface area contributed by atoms with Crippen LogP contribution in [0.5, 0.6) is 0 Å². The average molecular weight is 461 g/mol. The van der Waals surface area contributed by atoms with E-state index in [9.17, 15) is 9.59 Å². The van der Waals surface area contributed by atoms with Gasteiger partial charge in [-0.3, -0.25) is 9.59 Å². The molecule has 1 N–H and O–H groups in total. The summed E-state index contributed by atoms with van der Waals surface area (Å²) in [5, 5.41) is 7.81. The largest absolute Gasteiger partial charge is 0.329 e. The zero-order valence-electron chi connectivity index (χ0n) is 21.2. The number of nitrogens with zero attached hydrogens (tertiary/aromatic N) is 3. The number of anilines is 1. The van der Waals surface area contributed by atoms with Gasteiger partial charge in [-0.1, -0.05) is 65.0 Å². The van der Waals surface area contributed by atoms with Gasteiger partial charge < -0.3 is 10.2 Å². The number of rotatable bonds is 8. The van der Waals surface area contributed by atoms with Gasteiger partial charge in [0.25, 0.3) is 5.91 Å². The van der Waals surface area contributed by atoms with E-state index in [-0.39, 0.29) is 23.8 Å². The maximum Gasteiger partial charge on any atom is 0.254 e. The van der Waals surface area contributed by atoms with Crippen LogP contribution < -0.4 is 5.32 Å². The number of para-hydroxylation sites is 1. The molecular formula is C28H36N4O2. The fraction of sp³-hybridized carbons (Fsp3) is 0.393. The van der Waals surface area contributed by atoms with Gasteiger partial charge in [-0.2, -0.15) is 5.10 Å². The van der Waals surface area contributed by atoms with Crippen molar-refractivity contribution < 1.29 is 9.59 Å². The normalized spacial score (nSPS) is 11.4. The Morgan fingerprint density at radius 2 is 1.71 bits per heavy atom. The van der Waals surface area contributed by atoms with Gasteiger partial charge in [-0.25, -0.2) is 4.68 Å². The maximum absolute atomic E-state index is 13.1. The molecule has 0 fully saturated rings. The zero-order valence-corrected chi connectivity index (χ0v) is 21.2. The quantitative estimate of drug-likeness (QED) is 0.480. The zero-order chi connectivity index (χ0) is 24.9. The lowest BCUT2D eigenvalue weighted by Crippen LogP contribution is -2.38. The van der Waals surface area contributed by atoms with Gasteiger partial charge in [0.05, 0.1) is 11.4 Å². The smallest absolute Gasteiger partial charge is 0.254 e. The Hall–Kier alpha value is -3.41. The van der Waals surface area contributed by atoms with Gasteiger partial charge in [0, 0.05) is 23.6 Å². The second kappa shape index (κ2) is 10.7. The number of carbonyl (C=O) groups is 2. The maximum atomic E-state index is 13.1. The summed E-state index contributed by atoms with van der Waals surface area (Å²) in [6, 6.07) is 17.5. The fourth-order valence-corrected chi connectivity index (χ4v) is 3.77. The molecule has 3 rings (SSSR count). The summed E-state index contributed by atoms with van der Waals surface area (Å²) < 4.78 is 1.78. The fourth-order valence-electron chi connectivity index (χ4n) is 3.77. The van der Waals surface area contributed by atoms with Crippen LogP contribution in [0.1, 0.15) is 68.2 Å². The lowest BCUT2D eigenvalue weighted by Gasteiger charge is -2.22. The molecule has 0 bridgehead atoms. The third-order valence-electron chi connectivity index (χ3n) is 5.81. The molecule has 0 spiro atoms. The minimum Gasteiger partial charge on any atom is -0.329 e. The van der Waals surface area contributed by atoms with Crippen molar-refractivity contribution in [3.8, 4) is 5.69 Å². The lowest BCUT2D eigenvalue weighted by atomic mass is 9.92. The van der Waals surface area contributed by atoms with Gasteiger partial charge in [0.15, 0.2) is 0 Å². The number of aromatic nitrogens is 2. The van der Waals surface area contributed by atoms with E-state index in [1.165, 1.54) is 5.56 Å². The molecule has 0 radical (unpaired) electrons. The summed E-state index contributed by atoms with van der Waals surface area (Å²) in [6.45, 7) is 12.9. The van der Waals surface area contributed by atoms with Gasteiger partial charge in [-0.05, 0) is 49.1 Å². The highest BCUT2D eigenvalue weighted by molar-refractivity contribution is 5.99. The first-order valence-electron chi connectivity index (χ1n) is 12.0. The Bertz CT molecular complexity index is 1140. The predicted octanol–water partition coefficient (Wildman–Crippen LogP) is 5.53. The third kappa shape index (κ3) is 5.93. The van der Waals surface area contributed by atoms with Crippen LogP contribution in [0, 0.1) is 6.92 Å². The number of hydrogen-bond acceptors (Lipinski definition) is 3. The molecule has 34 heavy (non-hydrogen) atoms. The molecule has 0 saturated carbocycles. The van der Waals surface area contributed by atoms with E-state index in [1.807, 2.05) is 68.4 Å². The van der Waals surface area contributed by atoms with Crippen molar-refractivity contribution in [2.75, 3.05) is 18.4 Å². The van der Waals surface area contributed by atoms with E-state index in [0.29, 0.717) is 17.9 Å². The van der Waals surface area contributed by atoms with Crippen LogP contribution in [0.3, 0.4) is 0 Å². The first-order valence-corrected chi connectivity index (χ1v) is 12.0. The molecule has 180 valence electrons. The summed E-state index contributed by atoms with van der Waals surface area (Å²) in [6.07, 6.45) is 1.68. The summed E-state index contributed by atoms with van der Waals surface area (Å²) >= 11 is 0. The Kier molecular flexibility index (Phi) is 7.92. The molecule has 6 heteroatoms. The molecule has 6 nitrogen and oxygen atoms in total. The number of amides is 2. The SMILES string of the molecule is CCCN(CC(=O)Nc1cc(C(C)(C)C)nn1-c1ccccc1C)C(=O)c1ccc(CC)cc1. The number of hydrogen-bond donors (Lipinski definition) is 1. The first-order chi connectivity index (χ1) is 16.1. The standard InChI is InChI=1S/C28H36N4O2/c1-7-17-31(27(34)22-15-13-21(8-2)14-16-22)19-26(33)29-25-18-24(28(4,5)6)30-32(25)23-12-10-9-11-20(23)3/h9-16,18H,7-8,17,19H2,1-6H3,(H,29,33). The average Bonchev–Trinajstić information content (AvgIpc) is 3.22. The van der Waals surface area contributed by atoms with E-state index < -0.39 is 0 Å². The van der Waals surface area contributed by atoms with Crippen molar-refractivity contribution in [2.24, 2.45) is 0 Å². The van der Waals surface area contributed by atoms with Gasteiger partial charge in [0.2, 0.25) is 5.91 Å². The van der Waals surface area contributed by atoms with Crippen molar-refractivity contribution in [1.82, 2.24) is 14.7 Å². The molecule has 1 aromatic heterocycles. The van der Waals surface area contributed by atoms with E-state index in [2.05, 4.69) is 33.0 Å². The van der Waals surface area contributed by atoms with Crippen molar-refractivity contribution >= 4 is 17.6 Å². The lowest BCUT2D eigenvalue weighted by molar-refractivity contribution is -0.116. The van der Waals surface area contributed by atoms with Gasteiger partial charge in [-0.15, -0.1) is 0 Å². The van der Waals surface area contributed by atoms with E-state index in [4.69, 9.17) is 5.10 Å². The highest BCUT2D eigenvalue weighted by Gasteiger charge is 2.23. The van der Waals surface area contributed by atoms with E-state index in [0.717, 1.165) is 29.8 Å². The minimum atomic E-state index is -0.248. The minimum absolute atomic E-state index is 0.0218. The molecule has 0 saturated heterocycles. The van der Waals surface area contributed by atoms with Crippen molar-refractivity contribution in [3.63, 3.8) is 0 Å². The Morgan fingerprint density at radius 3 is 2.29 bits per heavy atom. The second-order valence-electron chi connectivity index (χ2n) is 9.69. The molecule has 3 aromatic rings. The van der Waals surface area contributed by atoms with Crippen LogP contribution in [0.4, 0.5) is 5.82 Å². The molecule has 1 heterocycles. The van der Waals surface area contributed by atoms with Crippen molar-refractivity contribution in [2.45, 2.75) is 59.8 Å². The van der Waals surface area contributed by atoms with Crippen LogP contribution >= 0.6 is 0 Å². The second-order valence-corrected chi connectivity index (χ2v) is 9.69. The molecule has 0 atom stereocenters. The molecule has 2 aromatic carbocycles. The highest BCUT2D eigenvalue weighted by atomic mass is 16.2. The molecule has 0 aliphatic rings. The number of aryl methyl sites for hydroxylation is 2. The van der Waals surface area contributed by atoms with Crippen LogP contribution in [0.25, 0.3) is 5.69 Å². The van der Waals surface area contributed by atoms with Crippen LogP contribution in [-0.4, -0.2) is 39.6 Å². The Labute approximate surface area is 203 Å². The van der Waals surface area contributed by atoms with Crippen LogP contribution in [-0.2, 0) is 16.6 Å². The monoisotopic (exact) mass is 460 g/mol. The molecule has 0 aliphatic heterocycles. The summed E-state index contributed by atoms with van der Waals surface area (Å²) in [7, 11) is 0. The molecule has 0 unspecified atom stereocenters. The Morgan fingerprint density at radius 1 is 1.03 bits per heavy atom. The Balaban J connectivity index is 1.85. The van der Waals surface area contributed by atoms with Crippen LogP contribution in [0.2, 0.25) is 0 Å². The number of benzene rings is 2. The number of nitrogens with one attached hydrogen (secondary N) is 1. The highest BCUT2D eigenvalue weighted by Crippen LogP contribution is 2.27. The molecule has 0 aliphatic carbocycles. The molecule has 2 amide bonds. The summed E-state index contributed by atoms with van der Waals surface area (Å²) in [5.74, 6) is 0.213. The predicted molar refractivity (Wildman–Crippen MR) is 138 cm³/mol. The summed E-state index contributed by atoms with van der Waals surface area (Å²) in [5.41, 5.74) is 4.44. The first kappa shape index (κ1) is 25.2. The van der Waals surface area contributed by atoms with Crippen molar-refractivity contribution in [3.05, 3.63) is 77.0 Å². The molecular weight excluding hydrogens is 424 g/mol. The summed E-state index contributed by atoms with van der Waals surface area (Å²) in [4.78, 5) is 27.8. The van der Waals surface area contributed by atoms with Gasteiger partial charge >= 0.3 is 0 Å². The van der Waals surface area contributed by atoms with E-state index in [1.54, 1.807) is 9.58 Å². The number of carbonyl (C=O) groups excluding carboxylic acids is 2. The van der Waals surface area contributed by atoms with Crippen LogP contribution in [0.15, 0.2) is 54.6 Å². The topological polar surface area (TPSA) is 67.2 Å². The van der Waals surface area contributed by atoms with Crippen molar-refractivity contribution in [1.29, 1.82) is 0 Å². The van der Waals surface area contributed by atoms with Gasteiger partial charge in [0.1, 0.15) is 12.4 Å². The van der Waals surface area contributed by atoms with E-state index >= 15 is 0 Å².